The second kappa shape index (κ2) is 7.39. The van der Waals surface area contributed by atoms with Crippen LogP contribution >= 0.6 is 0 Å². The monoisotopic (exact) mass is 218 g/mol. The maximum atomic E-state index is 11.1. The molecular weight excluding hydrogens is 200 g/mol. The van der Waals surface area contributed by atoms with Crippen molar-refractivity contribution in [1.82, 2.24) is 0 Å². The van der Waals surface area contributed by atoms with Crippen LogP contribution in [0, 0.1) is 0 Å². The second-order valence-electron chi connectivity index (χ2n) is 3.34. The van der Waals surface area contributed by atoms with E-state index in [0.717, 1.165) is 0 Å². The van der Waals surface area contributed by atoms with E-state index >= 15 is 0 Å². The van der Waals surface area contributed by atoms with Crippen molar-refractivity contribution in [2.75, 3.05) is 13.2 Å². The van der Waals surface area contributed by atoms with Gasteiger partial charge in [0.2, 0.25) is 0 Å². The average Bonchev–Trinajstić information content (AvgIpc) is 2.21. The van der Waals surface area contributed by atoms with Crippen molar-refractivity contribution in [3.05, 3.63) is 12.2 Å². The van der Waals surface area contributed by atoms with E-state index in [9.17, 15) is 9.90 Å². The summed E-state index contributed by atoms with van der Waals surface area (Å²) in [6.45, 7) is 4.36. The maximum absolute atomic E-state index is 11.1. The lowest BCUT2D eigenvalue weighted by Gasteiger charge is -2.20. The SMILES string of the molecule is C=C(C)C(=O)OC(CO)C(O)CCCO. The molecule has 0 bridgehead atoms. The minimum absolute atomic E-state index is 0.0519. The van der Waals surface area contributed by atoms with Gasteiger partial charge in [-0.1, -0.05) is 6.58 Å². The summed E-state index contributed by atoms with van der Waals surface area (Å²) in [7, 11) is 0. The summed E-state index contributed by atoms with van der Waals surface area (Å²) < 4.78 is 4.80. The molecule has 0 saturated heterocycles. The first-order valence-corrected chi connectivity index (χ1v) is 4.79. The third kappa shape index (κ3) is 5.51. The van der Waals surface area contributed by atoms with Crippen LogP contribution in [0.5, 0.6) is 0 Å². The van der Waals surface area contributed by atoms with Crippen molar-refractivity contribution in [1.29, 1.82) is 0 Å². The van der Waals surface area contributed by atoms with Crippen LogP contribution < -0.4 is 0 Å². The summed E-state index contributed by atoms with van der Waals surface area (Å²) in [4.78, 5) is 11.1. The molecule has 0 amide bonds. The molecule has 15 heavy (non-hydrogen) atoms. The van der Waals surface area contributed by atoms with Crippen LogP contribution in [-0.4, -0.2) is 46.7 Å². The number of hydrogen-bond acceptors (Lipinski definition) is 5. The Labute approximate surface area is 89.0 Å². The first kappa shape index (κ1) is 14.1. The van der Waals surface area contributed by atoms with Gasteiger partial charge >= 0.3 is 5.97 Å². The number of esters is 1. The van der Waals surface area contributed by atoms with Gasteiger partial charge in [-0.15, -0.1) is 0 Å². The number of aliphatic hydroxyl groups excluding tert-OH is 3. The Hall–Kier alpha value is -0.910. The molecule has 2 atom stereocenters. The van der Waals surface area contributed by atoms with Gasteiger partial charge in [0.1, 0.15) is 0 Å². The number of hydrogen-bond donors (Lipinski definition) is 3. The van der Waals surface area contributed by atoms with Gasteiger partial charge in [0.15, 0.2) is 6.10 Å². The highest BCUT2D eigenvalue weighted by molar-refractivity contribution is 5.87. The van der Waals surface area contributed by atoms with Gasteiger partial charge in [0, 0.05) is 12.2 Å². The van der Waals surface area contributed by atoms with Gasteiger partial charge in [-0.25, -0.2) is 4.79 Å². The molecule has 5 nitrogen and oxygen atoms in total. The molecule has 0 heterocycles. The predicted octanol–water partition coefficient (Wildman–Crippen LogP) is -0.400. The second-order valence-corrected chi connectivity index (χ2v) is 3.34. The fourth-order valence-electron chi connectivity index (χ4n) is 0.962. The molecule has 0 aliphatic carbocycles. The summed E-state index contributed by atoms with van der Waals surface area (Å²) in [5, 5.41) is 26.9. The molecule has 5 heteroatoms. The lowest BCUT2D eigenvalue weighted by Crippen LogP contribution is -2.34. The van der Waals surface area contributed by atoms with E-state index in [1.807, 2.05) is 0 Å². The highest BCUT2D eigenvalue weighted by atomic mass is 16.6. The summed E-state index contributed by atoms with van der Waals surface area (Å²) in [6.07, 6.45) is -1.26. The molecule has 0 aromatic heterocycles. The highest BCUT2D eigenvalue weighted by Gasteiger charge is 2.22. The van der Waals surface area contributed by atoms with Crippen LogP contribution in [0.15, 0.2) is 12.2 Å². The first-order chi connectivity index (χ1) is 7.02. The minimum atomic E-state index is -0.967. The van der Waals surface area contributed by atoms with Gasteiger partial charge in [-0.05, 0) is 19.8 Å². The van der Waals surface area contributed by atoms with E-state index in [4.69, 9.17) is 14.9 Å². The van der Waals surface area contributed by atoms with E-state index in [2.05, 4.69) is 6.58 Å². The number of rotatable bonds is 7. The van der Waals surface area contributed by atoms with Crippen molar-refractivity contribution in [3.63, 3.8) is 0 Å². The Balaban J connectivity index is 4.11. The molecule has 0 aromatic carbocycles. The Kier molecular flexibility index (Phi) is 6.94. The predicted molar refractivity (Wildman–Crippen MR) is 54.1 cm³/mol. The Morgan fingerprint density at radius 2 is 2.07 bits per heavy atom. The normalized spacial score (nSPS) is 14.4. The first-order valence-electron chi connectivity index (χ1n) is 4.79. The minimum Gasteiger partial charge on any atom is -0.454 e. The third-order valence-corrected chi connectivity index (χ3v) is 1.87. The lowest BCUT2D eigenvalue weighted by molar-refractivity contribution is -0.153. The van der Waals surface area contributed by atoms with Gasteiger partial charge < -0.3 is 20.1 Å². The summed E-state index contributed by atoms with van der Waals surface area (Å²) in [5.41, 5.74) is 0.211. The molecule has 0 saturated carbocycles. The largest absolute Gasteiger partial charge is 0.454 e. The van der Waals surface area contributed by atoms with Crippen LogP contribution in [-0.2, 0) is 9.53 Å². The quantitative estimate of drug-likeness (QED) is 0.400. The third-order valence-electron chi connectivity index (χ3n) is 1.87. The molecule has 0 aliphatic rings. The number of ether oxygens (including phenoxy) is 1. The fourth-order valence-corrected chi connectivity index (χ4v) is 0.962. The summed E-state index contributed by atoms with van der Waals surface area (Å²) in [5.74, 6) is -0.642. The Morgan fingerprint density at radius 3 is 2.47 bits per heavy atom. The van der Waals surface area contributed by atoms with E-state index in [-0.39, 0.29) is 18.6 Å². The molecule has 88 valence electrons. The fraction of sp³-hybridized carbons (Fsp3) is 0.700. The number of aliphatic hydroxyl groups is 3. The van der Waals surface area contributed by atoms with Crippen molar-refractivity contribution >= 4 is 5.97 Å². The van der Waals surface area contributed by atoms with Crippen LogP contribution in [0.1, 0.15) is 19.8 Å². The molecular formula is C10H18O5. The van der Waals surface area contributed by atoms with Crippen LogP contribution in [0.2, 0.25) is 0 Å². The molecule has 3 N–H and O–H groups in total. The van der Waals surface area contributed by atoms with Gasteiger partial charge in [-0.2, -0.15) is 0 Å². The van der Waals surface area contributed by atoms with Crippen LogP contribution in [0.3, 0.4) is 0 Å². The molecule has 0 aromatic rings. The standard InChI is InChI=1S/C10H18O5/c1-7(2)10(14)15-9(6-12)8(13)4-3-5-11/h8-9,11-13H,1,3-6H2,2H3. The maximum Gasteiger partial charge on any atom is 0.333 e. The van der Waals surface area contributed by atoms with Gasteiger partial charge in [0.05, 0.1) is 12.7 Å². The van der Waals surface area contributed by atoms with Crippen molar-refractivity contribution in [2.45, 2.75) is 32.0 Å². The van der Waals surface area contributed by atoms with Crippen molar-refractivity contribution in [2.24, 2.45) is 0 Å². The van der Waals surface area contributed by atoms with Gasteiger partial charge in [0.25, 0.3) is 0 Å². The highest BCUT2D eigenvalue weighted by Crippen LogP contribution is 2.08. The molecule has 0 aliphatic heterocycles. The Bertz CT molecular complexity index is 214. The van der Waals surface area contributed by atoms with Crippen molar-refractivity contribution in [3.8, 4) is 0 Å². The van der Waals surface area contributed by atoms with E-state index in [1.54, 1.807) is 0 Å². The smallest absolute Gasteiger partial charge is 0.333 e. The zero-order chi connectivity index (χ0) is 11.8. The average molecular weight is 218 g/mol. The number of carbonyl (C=O) groups is 1. The zero-order valence-electron chi connectivity index (χ0n) is 8.85. The lowest BCUT2D eigenvalue weighted by atomic mass is 10.1. The van der Waals surface area contributed by atoms with E-state index in [1.165, 1.54) is 6.92 Å². The molecule has 0 spiro atoms. The van der Waals surface area contributed by atoms with E-state index < -0.39 is 24.8 Å². The van der Waals surface area contributed by atoms with Crippen molar-refractivity contribution < 1.29 is 24.9 Å². The van der Waals surface area contributed by atoms with Crippen LogP contribution in [0.25, 0.3) is 0 Å². The van der Waals surface area contributed by atoms with Gasteiger partial charge in [-0.3, -0.25) is 0 Å². The summed E-state index contributed by atoms with van der Waals surface area (Å²) in [6, 6.07) is 0. The zero-order valence-corrected chi connectivity index (χ0v) is 8.85. The molecule has 0 rings (SSSR count). The van der Waals surface area contributed by atoms with Crippen LogP contribution in [0.4, 0.5) is 0 Å². The molecule has 0 fully saturated rings. The molecule has 2 unspecified atom stereocenters. The van der Waals surface area contributed by atoms with E-state index in [0.29, 0.717) is 6.42 Å². The number of carbonyl (C=O) groups excluding carboxylic acids is 1. The molecule has 0 radical (unpaired) electrons. The Morgan fingerprint density at radius 1 is 1.47 bits per heavy atom. The topological polar surface area (TPSA) is 87.0 Å². The summed E-state index contributed by atoms with van der Waals surface area (Å²) >= 11 is 0.